The predicted molar refractivity (Wildman–Crippen MR) is 293 cm³/mol. The number of rotatable bonds is 12. The Bertz CT molecular complexity index is 3800. The third kappa shape index (κ3) is 8.25. The van der Waals surface area contributed by atoms with Crippen molar-refractivity contribution in [3.8, 4) is 27.9 Å². The second-order valence-corrected chi connectivity index (χ2v) is 17.2. The summed E-state index contributed by atoms with van der Waals surface area (Å²) in [5, 5.41) is 7.22. The fourth-order valence-corrected chi connectivity index (χ4v) is 9.61. The summed E-state index contributed by atoms with van der Waals surface area (Å²) in [7, 11) is 0. The molecule has 0 saturated heterocycles. The zero-order valence-electron chi connectivity index (χ0n) is 38.3. The van der Waals surface area contributed by atoms with E-state index in [1.54, 1.807) is 0 Å². The SMILES string of the molecule is C/C=C(\C=C(/Nc1ccccc1-c1cc(-c2ccc3c(c2)c2ccccc2n3/C(N)=C/C=C\Cc2ccc3c(c2)c2ncccc2n3-c2ccccc2)ccc1N)c1ccccc1)c1ccccc1. The van der Waals surface area contributed by atoms with Crippen LogP contribution in [0.3, 0.4) is 0 Å². The van der Waals surface area contributed by atoms with Gasteiger partial charge in [0.1, 0.15) is 5.82 Å². The molecule has 0 saturated carbocycles. The fraction of sp³-hybridized carbons (Fsp3) is 0.0317. The lowest BCUT2D eigenvalue weighted by atomic mass is 9.95. The fourth-order valence-electron chi connectivity index (χ4n) is 9.61. The number of aromatic nitrogens is 3. The van der Waals surface area contributed by atoms with E-state index in [2.05, 4.69) is 222 Å². The van der Waals surface area contributed by atoms with Crippen molar-refractivity contribution < 1.29 is 0 Å². The molecule has 0 unspecified atom stereocenters. The van der Waals surface area contributed by atoms with Crippen LogP contribution in [-0.4, -0.2) is 14.1 Å². The molecule has 0 spiro atoms. The van der Waals surface area contributed by atoms with Crippen LogP contribution < -0.4 is 16.8 Å². The Morgan fingerprint density at radius 1 is 0.580 bits per heavy atom. The standard InChI is InChI=1S/C63H50N6/c1-2-44(45-20-6-3-7-21-45)42-57(46-22-8-4-9-23-46)67-56-28-15-13-26-50(56)52-40-47(33-35-55(52)64)48-34-37-59-53(41-48)51-27-14-16-29-58(51)69(59)62(65)31-17-12-19-43-32-36-60-54(39-43)63-61(30-18-38-66-63)68(60)49-24-10-5-11-25-49/h2-18,20-42,67H,19,64-65H2,1H3/b17-12-,44-2+,57-42-,62-31+. The highest BCUT2D eigenvalue weighted by molar-refractivity contribution is 6.11. The third-order valence-electron chi connectivity index (χ3n) is 13.0. The maximum Gasteiger partial charge on any atom is 0.108 e. The number of nitrogen functional groups attached to an aromatic ring is 1. The van der Waals surface area contributed by atoms with Crippen molar-refractivity contribution in [2.24, 2.45) is 5.73 Å². The molecule has 0 amide bonds. The number of benzene rings is 8. The van der Waals surface area contributed by atoms with Crippen LogP contribution in [0.4, 0.5) is 11.4 Å². The van der Waals surface area contributed by atoms with Crippen molar-refractivity contribution >= 4 is 72.2 Å². The quantitative estimate of drug-likeness (QED) is 0.0842. The van der Waals surface area contributed by atoms with Crippen molar-refractivity contribution in [1.82, 2.24) is 14.1 Å². The molecule has 5 N–H and O–H groups in total. The molecular weight excluding hydrogens is 841 g/mol. The predicted octanol–water partition coefficient (Wildman–Crippen LogP) is 15.3. The van der Waals surface area contributed by atoms with Gasteiger partial charge in [-0.25, -0.2) is 0 Å². The Balaban J connectivity index is 0.894. The van der Waals surface area contributed by atoms with E-state index in [9.17, 15) is 0 Å². The lowest BCUT2D eigenvalue weighted by Gasteiger charge is -2.18. The van der Waals surface area contributed by atoms with E-state index in [1.165, 1.54) is 5.56 Å². The molecule has 3 aromatic heterocycles. The first-order chi connectivity index (χ1) is 34.0. The summed E-state index contributed by atoms with van der Waals surface area (Å²) >= 11 is 0. The molecule has 11 rings (SSSR count). The highest BCUT2D eigenvalue weighted by Crippen LogP contribution is 2.40. The Hall–Kier alpha value is -9.13. The second kappa shape index (κ2) is 18.6. The number of pyridine rings is 1. The van der Waals surface area contributed by atoms with Gasteiger partial charge in [0.15, 0.2) is 0 Å². The monoisotopic (exact) mass is 890 g/mol. The largest absolute Gasteiger partial charge is 0.398 e. The van der Waals surface area contributed by atoms with Gasteiger partial charge in [0, 0.05) is 56.2 Å². The normalized spacial score (nSPS) is 12.5. The van der Waals surface area contributed by atoms with Crippen LogP contribution in [0.15, 0.2) is 243 Å². The number of hydrogen-bond acceptors (Lipinski definition) is 4. The molecule has 3 heterocycles. The maximum absolute atomic E-state index is 6.98. The minimum absolute atomic E-state index is 0.642. The van der Waals surface area contributed by atoms with Crippen LogP contribution in [-0.2, 0) is 6.42 Å². The molecule has 8 aromatic carbocycles. The molecule has 6 heteroatoms. The second-order valence-electron chi connectivity index (χ2n) is 17.2. The first-order valence-corrected chi connectivity index (χ1v) is 23.4. The summed E-state index contributed by atoms with van der Waals surface area (Å²) in [6, 6.07) is 72.0. The van der Waals surface area contributed by atoms with Gasteiger partial charge in [0.2, 0.25) is 0 Å². The number of hydrogen-bond donors (Lipinski definition) is 3. The smallest absolute Gasteiger partial charge is 0.108 e. The lowest BCUT2D eigenvalue weighted by molar-refractivity contribution is 1.17. The van der Waals surface area contributed by atoms with Gasteiger partial charge in [-0.3, -0.25) is 9.55 Å². The summed E-state index contributed by atoms with van der Waals surface area (Å²) in [6.45, 7) is 2.08. The highest BCUT2D eigenvalue weighted by Gasteiger charge is 2.17. The summed E-state index contributed by atoms with van der Waals surface area (Å²) in [5.74, 6) is 0.642. The third-order valence-corrected chi connectivity index (χ3v) is 13.0. The number of allylic oxidation sites excluding steroid dienone is 6. The molecule has 0 atom stereocenters. The average Bonchev–Trinajstić information content (AvgIpc) is 3.92. The molecule has 0 aliphatic carbocycles. The van der Waals surface area contributed by atoms with Gasteiger partial charge in [0.25, 0.3) is 0 Å². The summed E-state index contributed by atoms with van der Waals surface area (Å²) < 4.78 is 4.44. The average molecular weight is 891 g/mol. The van der Waals surface area contributed by atoms with Crippen LogP contribution in [0.25, 0.3) is 88.8 Å². The van der Waals surface area contributed by atoms with Crippen molar-refractivity contribution in [2.75, 3.05) is 11.1 Å². The number of nitrogens with zero attached hydrogens (tertiary/aromatic N) is 3. The van der Waals surface area contributed by atoms with E-state index in [4.69, 9.17) is 16.5 Å². The van der Waals surface area contributed by atoms with Crippen molar-refractivity contribution in [1.29, 1.82) is 0 Å². The van der Waals surface area contributed by atoms with Crippen molar-refractivity contribution in [3.63, 3.8) is 0 Å². The molecule has 0 aliphatic rings. The van der Waals surface area contributed by atoms with E-state index in [0.717, 1.165) is 106 Å². The van der Waals surface area contributed by atoms with E-state index in [0.29, 0.717) is 11.5 Å². The molecule has 0 aliphatic heterocycles. The van der Waals surface area contributed by atoms with Crippen molar-refractivity contribution in [2.45, 2.75) is 13.3 Å². The molecule has 11 aromatic rings. The number of nitrogens with two attached hydrogens (primary N) is 2. The van der Waals surface area contributed by atoms with Crippen LogP contribution in [0.1, 0.15) is 23.6 Å². The molecular formula is C63H50N6. The Kier molecular flexibility index (Phi) is 11.5. The minimum Gasteiger partial charge on any atom is -0.398 e. The summed E-state index contributed by atoms with van der Waals surface area (Å²) in [6.07, 6.45) is 13.2. The van der Waals surface area contributed by atoms with Crippen LogP contribution >= 0.6 is 0 Å². The van der Waals surface area contributed by atoms with Crippen LogP contribution in [0.2, 0.25) is 0 Å². The van der Waals surface area contributed by atoms with Crippen molar-refractivity contribution in [3.05, 3.63) is 260 Å². The minimum atomic E-state index is 0.642. The topological polar surface area (TPSA) is 86.8 Å². The van der Waals surface area contributed by atoms with E-state index in [1.807, 2.05) is 42.6 Å². The lowest BCUT2D eigenvalue weighted by Crippen LogP contribution is -2.05. The highest BCUT2D eigenvalue weighted by atomic mass is 15.1. The first kappa shape index (κ1) is 42.5. The number of nitrogens with one attached hydrogen (secondary N) is 1. The number of anilines is 2. The Morgan fingerprint density at radius 3 is 2.06 bits per heavy atom. The number of para-hydroxylation sites is 3. The van der Waals surface area contributed by atoms with Gasteiger partial charge in [0.05, 0.1) is 27.6 Å². The van der Waals surface area contributed by atoms with E-state index >= 15 is 0 Å². The maximum atomic E-state index is 6.98. The van der Waals surface area contributed by atoms with Gasteiger partial charge in [-0.15, -0.1) is 0 Å². The van der Waals surface area contributed by atoms with Crippen LogP contribution in [0.5, 0.6) is 0 Å². The molecule has 0 radical (unpaired) electrons. The van der Waals surface area contributed by atoms with Gasteiger partial charge in [-0.1, -0.05) is 152 Å². The molecule has 0 fully saturated rings. The van der Waals surface area contributed by atoms with Gasteiger partial charge >= 0.3 is 0 Å². The Morgan fingerprint density at radius 2 is 1.25 bits per heavy atom. The van der Waals surface area contributed by atoms with E-state index < -0.39 is 0 Å². The summed E-state index contributed by atoms with van der Waals surface area (Å²) in [5.41, 5.74) is 31.6. The molecule has 6 nitrogen and oxygen atoms in total. The molecule has 332 valence electrons. The first-order valence-electron chi connectivity index (χ1n) is 23.4. The van der Waals surface area contributed by atoms with Crippen LogP contribution in [0, 0.1) is 0 Å². The van der Waals surface area contributed by atoms with Gasteiger partial charge < -0.3 is 21.4 Å². The zero-order chi connectivity index (χ0) is 46.7. The summed E-state index contributed by atoms with van der Waals surface area (Å²) in [4.78, 5) is 4.80. The Labute approximate surface area is 402 Å². The number of fused-ring (bicyclic) bond motifs is 6. The van der Waals surface area contributed by atoms with E-state index in [-0.39, 0.29) is 0 Å². The van der Waals surface area contributed by atoms with Gasteiger partial charge in [-0.2, -0.15) is 0 Å². The zero-order valence-corrected chi connectivity index (χ0v) is 38.3. The molecule has 69 heavy (non-hydrogen) atoms. The molecule has 0 bridgehead atoms. The van der Waals surface area contributed by atoms with Gasteiger partial charge in [-0.05, 0) is 132 Å².